The molecule has 1 aromatic heterocycles. The van der Waals surface area contributed by atoms with Crippen molar-refractivity contribution in [2.24, 2.45) is 5.92 Å². The first kappa shape index (κ1) is 12.1. The van der Waals surface area contributed by atoms with Crippen LogP contribution in [0.3, 0.4) is 0 Å². The van der Waals surface area contributed by atoms with Crippen LogP contribution in [0.25, 0.3) is 0 Å². The molecule has 1 aromatic rings. The number of ether oxygens (including phenoxy) is 1. The van der Waals surface area contributed by atoms with Crippen molar-refractivity contribution in [2.45, 2.75) is 45.1 Å². The molecule has 1 N–H and O–H groups in total. The number of rotatable bonds is 3. The maximum atomic E-state index is 5.09. The number of anilines is 1. The first-order chi connectivity index (χ1) is 8.28. The van der Waals surface area contributed by atoms with E-state index >= 15 is 0 Å². The molecule has 2 rings (SSSR count). The van der Waals surface area contributed by atoms with E-state index in [4.69, 9.17) is 4.74 Å². The second-order valence-electron chi connectivity index (χ2n) is 4.88. The molecule has 0 saturated heterocycles. The molecule has 17 heavy (non-hydrogen) atoms. The van der Waals surface area contributed by atoms with Crippen LogP contribution in [0.1, 0.15) is 39.0 Å². The lowest BCUT2D eigenvalue weighted by Crippen LogP contribution is -2.20. The summed E-state index contributed by atoms with van der Waals surface area (Å²) in [7, 11) is 1.62. The molecular weight excluding hydrogens is 214 g/mol. The molecule has 2 unspecified atom stereocenters. The van der Waals surface area contributed by atoms with E-state index in [1.807, 2.05) is 0 Å². The molecule has 0 aliphatic heterocycles. The van der Waals surface area contributed by atoms with Crippen molar-refractivity contribution in [3.05, 3.63) is 12.3 Å². The van der Waals surface area contributed by atoms with Gasteiger partial charge in [0.15, 0.2) is 0 Å². The van der Waals surface area contributed by atoms with E-state index in [1.165, 1.54) is 32.1 Å². The Bertz CT molecular complexity index is 356. The lowest BCUT2D eigenvalue weighted by atomic mass is 10.0. The largest absolute Gasteiger partial charge is 0.481 e. The number of methoxy groups -OCH3 is 1. The van der Waals surface area contributed by atoms with Gasteiger partial charge in [-0.25, -0.2) is 4.98 Å². The third-order valence-corrected chi connectivity index (χ3v) is 3.43. The summed E-state index contributed by atoms with van der Waals surface area (Å²) in [5.74, 6) is 2.15. The third kappa shape index (κ3) is 3.58. The Kier molecular flexibility index (Phi) is 4.18. The smallest absolute Gasteiger partial charge is 0.226 e. The monoisotopic (exact) mass is 235 g/mol. The summed E-state index contributed by atoms with van der Waals surface area (Å²) in [6.45, 7) is 2.34. The SMILES string of the molecule is COc1ccnc(NC2CCCC(C)CC2)n1. The normalized spacial score (nSPS) is 25.1. The molecule has 1 aliphatic rings. The molecule has 1 aliphatic carbocycles. The van der Waals surface area contributed by atoms with Crippen LogP contribution in [0.15, 0.2) is 12.3 Å². The van der Waals surface area contributed by atoms with E-state index in [0.29, 0.717) is 17.9 Å². The van der Waals surface area contributed by atoms with Crippen LogP contribution in [0.4, 0.5) is 5.95 Å². The first-order valence-electron chi connectivity index (χ1n) is 6.41. The van der Waals surface area contributed by atoms with Gasteiger partial charge < -0.3 is 10.1 Å². The Morgan fingerprint density at radius 1 is 1.29 bits per heavy atom. The summed E-state index contributed by atoms with van der Waals surface area (Å²) in [5.41, 5.74) is 0. The number of nitrogens with one attached hydrogen (secondary N) is 1. The van der Waals surface area contributed by atoms with Gasteiger partial charge in [0.25, 0.3) is 0 Å². The molecule has 1 heterocycles. The van der Waals surface area contributed by atoms with Gasteiger partial charge in [-0.05, 0) is 25.2 Å². The minimum Gasteiger partial charge on any atom is -0.481 e. The van der Waals surface area contributed by atoms with Crippen LogP contribution >= 0.6 is 0 Å². The topological polar surface area (TPSA) is 47.0 Å². The highest BCUT2D eigenvalue weighted by atomic mass is 16.5. The molecule has 1 saturated carbocycles. The van der Waals surface area contributed by atoms with Crippen LogP contribution in [-0.4, -0.2) is 23.1 Å². The maximum absolute atomic E-state index is 5.09. The Morgan fingerprint density at radius 2 is 2.18 bits per heavy atom. The van der Waals surface area contributed by atoms with Crippen molar-refractivity contribution in [3.63, 3.8) is 0 Å². The molecule has 0 amide bonds. The average molecular weight is 235 g/mol. The predicted molar refractivity (Wildman–Crippen MR) is 68.2 cm³/mol. The highest BCUT2D eigenvalue weighted by molar-refractivity contribution is 5.28. The van der Waals surface area contributed by atoms with Crippen molar-refractivity contribution in [3.8, 4) is 5.88 Å². The molecule has 0 radical (unpaired) electrons. The van der Waals surface area contributed by atoms with Crippen LogP contribution in [-0.2, 0) is 0 Å². The number of aromatic nitrogens is 2. The minimum atomic E-state index is 0.507. The van der Waals surface area contributed by atoms with Gasteiger partial charge in [-0.3, -0.25) is 0 Å². The highest BCUT2D eigenvalue weighted by Crippen LogP contribution is 2.24. The van der Waals surface area contributed by atoms with Crippen LogP contribution in [0, 0.1) is 5.92 Å². The fourth-order valence-electron chi connectivity index (χ4n) is 2.34. The molecule has 1 fully saturated rings. The van der Waals surface area contributed by atoms with Crippen molar-refractivity contribution in [1.82, 2.24) is 9.97 Å². The zero-order chi connectivity index (χ0) is 12.1. The molecule has 2 atom stereocenters. The average Bonchev–Trinajstić information content (AvgIpc) is 2.55. The van der Waals surface area contributed by atoms with Gasteiger partial charge in [0.1, 0.15) is 0 Å². The lowest BCUT2D eigenvalue weighted by molar-refractivity contribution is 0.397. The van der Waals surface area contributed by atoms with E-state index in [9.17, 15) is 0 Å². The highest BCUT2D eigenvalue weighted by Gasteiger charge is 2.16. The molecule has 4 nitrogen and oxygen atoms in total. The van der Waals surface area contributed by atoms with Gasteiger partial charge in [0.2, 0.25) is 11.8 Å². The fraction of sp³-hybridized carbons (Fsp3) is 0.692. The summed E-state index contributed by atoms with van der Waals surface area (Å²) < 4.78 is 5.09. The first-order valence-corrected chi connectivity index (χ1v) is 6.41. The van der Waals surface area contributed by atoms with Gasteiger partial charge in [-0.2, -0.15) is 4.98 Å². The van der Waals surface area contributed by atoms with Crippen LogP contribution in [0.5, 0.6) is 5.88 Å². The lowest BCUT2D eigenvalue weighted by Gasteiger charge is -2.16. The summed E-state index contributed by atoms with van der Waals surface area (Å²) >= 11 is 0. The second kappa shape index (κ2) is 5.84. The fourth-order valence-corrected chi connectivity index (χ4v) is 2.34. The van der Waals surface area contributed by atoms with E-state index in [-0.39, 0.29) is 0 Å². The van der Waals surface area contributed by atoms with Crippen molar-refractivity contribution >= 4 is 5.95 Å². The Hall–Kier alpha value is -1.32. The van der Waals surface area contributed by atoms with Crippen molar-refractivity contribution in [1.29, 1.82) is 0 Å². The molecule has 0 bridgehead atoms. The molecule has 94 valence electrons. The number of hydrogen-bond donors (Lipinski definition) is 1. The van der Waals surface area contributed by atoms with E-state index in [1.54, 1.807) is 19.4 Å². The number of nitrogens with zero attached hydrogens (tertiary/aromatic N) is 2. The third-order valence-electron chi connectivity index (χ3n) is 3.43. The summed E-state index contributed by atoms with van der Waals surface area (Å²) in [6.07, 6.45) is 8.09. The van der Waals surface area contributed by atoms with Crippen molar-refractivity contribution in [2.75, 3.05) is 12.4 Å². The Balaban J connectivity index is 1.94. The molecule has 0 spiro atoms. The summed E-state index contributed by atoms with van der Waals surface area (Å²) in [6, 6.07) is 2.27. The molecular formula is C13H21N3O. The molecule has 0 aromatic carbocycles. The van der Waals surface area contributed by atoms with E-state index < -0.39 is 0 Å². The Labute approximate surface area is 103 Å². The standard InChI is InChI=1S/C13H21N3O/c1-10-4-3-5-11(7-6-10)15-13-14-9-8-12(16-13)17-2/h8-11H,3-7H2,1-2H3,(H,14,15,16). The zero-order valence-electron chi connectivity index (χ0n) is 10.6. The Morgan fingerprint density at radius 3 is 3.00 bits per heavy atom. The van der Waals surface area contributed by atoms with Gasteiger partial charge in [-0.1, -0.05) is 19.8 Å². The maximum Gasteiger partial charge on any atom is 0.226 e. The minimum absolute atomic E-state index is 0.507. The van der Waals surface area contributed by atoms with Crippen molar-refractivity contribution < 1.29 is 4.74 Å². The predicted octanol–water partition coefficient (Wildman–Crippen LogP) is 2.87. The van der Waals surface area contributed by atoms with E-state index in [2.05, 4.69) is 22.2 Å². The van der Waals surface area contributed by atoms with Crippen LogP contribution < -0.4 is 10.1 Å². The van der Waals surface area contributed by atoms with E-state index in [0.717, 1.165) is 5.92 Å². The quantitative estimate of drug-likeness (QED) is 0.818. The zero-order valence-corrected chi connectivity index (χ0v) is 10.6. The van der Waals surface area contributed by atoms with Gasteiger partial charge >= 0.3 is 0 Å². The molecule has 4 heteroatoms. The van der Waals surface area contributed by atoms with Gasteiger partial charge in [0.05, 0.1) is 7.11 Å². The number of hydrogen-bond acceptors (Lipinski definition) is 4. The van der Waals surface area contributed by atoms with Gasteiger partial charge in [-0.15, -0.1) is 0 Å². The summed E-state index contributed by atoms with van der Waals surface area (Å²) in [5, 5.41) is 3.41. The van der Waals surface area contributed by atoms with Gasteiger partial charge in [0, 0.05) is 18.3 Å². The second-order valence-corrected chi connectivity index (χ2v) is 4.88. The summed E-state index contributed by atoms with van der Waals surface area (Å²) in [4.78, 5) is 8.52. The van der Waals surface area contributed by atoms with Crippen LogP contribution in [0.2, 0.25) is 0 Å².